The molecule has 150 valence electrons. The van der Waals surface area contributed by atoms with Crippen molar-refractivity contribution < 1.29 is 9.53 Å². The molecule has 0 aliphatic carbocycles. The second-order valence-electron chi connectivity index (χ2n) is 6.69. The van der Waals surface area contributed by atoms with Gasteiger partial charge in [0.25, 0.3) is 5.56 Å². The molecule has 30 heavy (non-hydrogen) atoms. The summed E-state index contributed by atoms with van der Waals surface area (Å²) in [6, 6.07) is 17.8. The van der Waals surface area contributed by atoms with Crippen molar-refractivity contribution >= 4 is 28.4 Å². The highest BCUT2D eigenvalue weighted by Gasteiger charge is 2.16. The van der Waals surface area contributed by atoms with E-state index in [4.69, 9.17) is 4.74 Å². The van der Waals surface area contributed by atoms with Gasteiger partial charge >= 0.3 is 0 Å². The fourth-order valence-electron chi connectivity index (χ4n) is 3.01. The molecule has 4 rings (SSSR count). The van der Waals surface area contributed by atoms with Crippen LogP contribution in [0.5, 0.6) is 5.75 Å². The van der Waals surface area contributed by atoms with Gasteiger partial charge in [-0.3, -0.25) is 9.59 Å². The van der Waals surface area contributed by atoms with Crippen LogP contribution in [0, 0.1) is 6.92 Å². The molecule has 7 heteroatoms. The van der Waals surface area contributed by atoms with Crippen molar-refractivity contribution in [3.05, 3.63) is 88.3 Å². The summed E-state index contributed by atoms with van der Waals surface area (Å²) in [5.41, 5.74) is 1.91. The maximum atomic E-state index is 13.2. The quantitative estimate of drug-likeness (QED) is 0.267. The van der Waals surface area contributed by atoms with E-state index in [1.807, 2.05) is 19.1 Å². The number of aromatic nitrogens is 3. The van der Waals surface area contributed by atoms with E-state index in [-0.39, 0.29) is 17.1 Å². The molecule has 2 aromatic carbocycles. The number of benzene rings is 2. The molecule has 0 saturated carbocycles. The summed E-state index contributed by atoms with van der Waals surface area (Å²) in [7, 11) is 1.56. The third-order valence-corrected chi connectivity index (χ3v) is 5.53. The first-order chi connectivity index (χ1) is 14.6. The molecule has 0 bridgehead atoms. The summed E-state index contributed by atoms with van der Waals surface area (Å²) in [6.07, 6.45) is 1.70. The number of carbonyl (C=O) groups is 1. The van der Waals surface area contributed by atoms with E-state index in [9.17, 15) is 9.59 Å². The Morgan fingerprint density at radius 1 is 1.10 bits per heavy atom. The Morgan fingerprint density at radius 3 is 2.70 bits per heavy atom. The maximum absolute atomic E-state index is 13.2. The normalized spacial score (nSPS) is 10.9. The molecule has 6 nitrogen and oxygen atoms in total. The summed E-state index contributed by atoms with van der Waals surface area (Å²) >= 11 is 1.21. The Balaban J connectivity index is 1.73. The van der Waals surface area contributed by atoms with Gasteiger partial charge in [0.15, 0.2) is 10.9 Å². The molecular formula is C23H19N3O3S. The average Bonchev–Trinajstić information content (AvgIpc) is 2.78. The second-order valence-corrected chi connectivity index (χ2v) is 7.63. The van der Waals surface area contributed by atoms with Crippen molar-refractivity contribution in [2.24, 2.45) is 0 Å². The number of ketones is 1. The van der Waals surface area contributed by atoms with E-state index >= 15 is 0 Å². The zero-order valence-electron chi connectivity index (χ0n) is 16.5. The molecule has 2 heterocycles. The number of fused-ring (bicyclic) bond motifs is 1. The molecular weight excluding hydrogens is 398 g/mol. The molecule has 0 fully saturated rings. The lowest BCUT2D eigenvalue weighted by atomic mass is 10.1. The van der Waals surface area contributed by atoms with Crippen molar-refractivity contribution in [2.75, 3.05) is 12.9 Å². The molecule has 4 aromatic rings. The van der Waals surface area contributed by atoms with Gasteiger partial charge in [-0.15, -0.1) is 0 Å². The highest BCUT2D eigenvalue weighted by atomic mass is 32.2. The predicted molar refractivity (Wildman–Crippen MR) is 118 cm³/mol. The number of Topliss-reactive ketones (excluding diaryl/α,β-unsaturated/α-hetero) is 1. The molecule has 2 aromatic heterocycles. The van der Waals surface area contributed by atoms with Crippen molar-refractivity contribution in [3.8, 4) is 11.6 Å². The SMILES string of the molecule is COc1cccc(C(=O)CSc2nc3ccccc3c(=O)n2-c2ccc(C)cn2)c1. The van der Waals surface area contributed by atoms with Gasteiger partial charge in [-0.2, -0.15) is 0 Å². The number of pyridine rings is 1. The van der Waals surface area contributed by atoms with E-state index in [2.05, 4.69) is 9.97 Å². The molecule has 0 spiro atoms. The van der Waals surface area contributed by atoms with Crippen LogP contribution in [0.4, 0.5) is 0 Å². The van der Waals surface area contributed by atoms with Crippen LogP contribution in [0.1, 0.15) is 15.9 Å². The number of thioether (sulfide) groups is 1. The van der Waals surface area contributed by atoms with Gasteiger partial charge in [0.1, 0.15) is 11.6 Å². The predicted octanol–water partition coefficient (Wildman–Crippen LogP) is 4.07. The van der Waals surface area contributed by atoms with Gasteiger partial charge in [0.05, 0.1) is 23.8 Å². The first-order valence-corrected chi connectivity index (χ1v) is 10.3. The molecule has 0 saturated heterocycles. The van der Waals surface area contributed by atoms with E-state index in [1.54, 1.807) is 61.8 Å². The van der Waals surface area contributed by atoms with E-state index < -0.39 is 0 Å². The summed E-state index contributed by atoms with van der Waals surface area (Å²) in [4.78, 5) is 35.0. The summed E-state index contributed by atoms with van der Waals surface area (Å²) < 4.78 is 6.66. The van der Waals surface area contributed by atoms with Crippen molar-refractivity contribution in [1.82, 2.24) is 14.5 Å². The zero-order chi connectivity index (χ0) is 21.1. The number of aryl methyl sites for hydroxylation is 1. The lowest BCUT2D eigenvalue weighted by molar-refractivity contribution is 0.102. The van der Waals surface area contributed by atoms with Gasteiger partial charge in [0, 0.05) is 11.8 Å². The van der Waals surface area contributed by atoms with Crippen LogP contribution in [0.3, 0.4) is 0 Å². The average molecular weight is 417 g/mol. The van der Waals surface area contributed by atoms with Gasteiger partial charge in [0.2, 0.25) is 0 Å². The Kier molecular flexibility index (Phi) is 5.63. The van der Waals surface area contributed by atoms with Crippen LogP contribution in [0.2, 0.25) is 0 Å². The van der Waals surface area contributed by atoms with Crippen molar-refractivity contribution in [2.45, 2.75) is 12.1 Å². The van der Waals surface area contributed by atoms with E-state index in [0.717, 1.165) is 5.56 Å². The van der Waals surface area contributed by atoms with E-state index in [1.165, 1.54) is 16.3 Å². The zero-order valence-corrected chi connectivity index (χ0v) is 17.3. The highest BCUT2D eigenvalue weighted by Crippen LogP contribution is 2.22. The minimum absolute atomic E-state index is 0.0790. The Morgan fingerprint density at radius 2 is 1.93 bits per heavy atom. The van der Waals surface area contributed by atoms with Gasteiger partial charge in [-0.05, 0) is 42.8 Å². The molecule has 0 amide bonds. The minimum atomic E-state index is -0.215. The Labute approximate surface area is 177 Å². The number of nitrogens with zero attached hydrogens (tertiary/aromatic N) is 3. The summed E-state index contributed by atoms with van der Waals surface area (Å²) in [5, 5.41) is 0.926. The lowest BCUT2D eigenvalue weighted by Gasteiger charge is -2.12. The molecule has 0 unspecified atom stereocenters. The van der Waals surface area contributed by atoms with E-state index in [0.29, 0.717) is 33.2 Å². The third-order valence-electron chi connectivity index (χ3n) is 4.59. The summed E-state index contributed by atoms with van der Waals surface area (Å²) in [6.45, 7) is 1.93. The molecule has 0 radical (unpaired) electrons. The highest BCUT2D eigenvalue weighted by molar-refractivity contribution is 7.99. The number of ether oxygens (including phenoxy) is 1. The van der Waals surface area contributed by atoms with Gasteiger partial charge in [-0.25, -0.2) is 14.5 Å². The molecule has 0 aliphatic rings. The van der Waals surface area contributed by atoms with Crippen molar-refractivity contribution in [1.29, 1.82) is 0 Å². The number of hydrogen-bond acceptors (Lipinski definition) is 6. The van der Waals surface area contributed by atoms with Crippen LogP contribution in [0.25, 0.3) is 16.7 Å². The number of methoxy groups -OCH3 is 1. The molecule has 0 aliphatic heterocycles. The number of hydrogen-bond donors (Lipinski definition) is 0. The fourth-order valence-corrected chi connectivity index (χ4v) is 3.91. The molecule has 0 atom stereocenters. The summed E-state index contributed by atoms with van der Waals surface area (Å²) in [5.74, 6) is 1.14. The first kappa shape index (κ1) is 19.8. The smallest absolute Gasteiger partial charge is 0.267 e. The topological polar surface area (TPSA) is 74.1 Å². The lowest BCUT2D eigenvalue weighted by Crippen LogP contribution is -2.23. The fraction of sp³-hybridized carbons (Fsp3) is 0.130. The largest absolute Gasteiger partial charge is 0.497 e. The van der Waals surface area contributed by atoms with Crippen LogP contribution in [-0.4, -0.2) is 33.2 Å². The molecule has 0 N–H and O–H groups in total. The van der Waals surface area contributed by atoms with Crippen LogP contribution in [-0.2, 0) is 0 Å². The first-order valence-electron chi connectivity index (χ1n) is 9.31. The van der Waals surface area contributed by atoms with Crippen LogP contribution >= 0.6 is 11.8 Å². The third kappa shape index (κ3) is 3.97. The Bertz CT molecular complexity index is 1280. The number of rotatable bonds is 6. The minimum Gasteiger partial charge on any atom is -0.497 e. The van der Waals surface area contributed by atoms with Gasteiger partial charge < -0.3 is 4.74 Å². The van der Waals surface area contributed by atoms with Gasteiger partial charge in [-0.1, -0.05) is 42.1 Å². The maximum Gasteiger partial charge on any atom is 0.267 e. The van der Waals surface area contributed by atoms with Crippen molar-refractivity contribution in [3.63, 3.8) is 0 Å². The number of carbonyl (C=O) groups excluding carboxylic acids is 1. The monoisotopic (exact) mass is 417 g/mol. The van der Waals surface area contributed by atoms with Crippen LogP contribution in [0.15, 0.2) is 76.8 Å². The number of para-hydroxylation sites is 1. The second kappa shape index (κ2) is 8.51. The Hall–Kier alpha value is -3.45. The standard InChI is InChI=1S/C23H19N3O3S/c1-15-10-11-21(24-13-15)26-22(28)18-8-3-4-9-19(18)25-23(26)30-14-20(27)16-6-5-7-17(12-16)29-2/h3-13H,14H2,1-2H3. The van der Waals surface area contributed by atoms with Crippen LogP contribution < -0.4 is 10.3 Å².